The van der Waals surface area contributed by atoms with Crippen LogP contribution in [0.5, 0.6) is 5.75 Å². The molecule has 126 valence electrons. The molecule has 0 radical (unpaired) electrons. The highest BCUT2D eigenvalue weighted by molar-refractivity contribution is 5.81. The van der Waals surface area contributed by atoms with E-state index in [-0.39, 0.29) is 0 Å². The number of carboxylic acids is 1. The Balaban J connectivity index is 2.66. The van der Waals surface area contributed by atoms with Gasteiger partial charge in [-0.25, -0.2) is 4.79 Å². The summed E-state index contributed by atoms with van der Waals surface area (Å²) >= 11 is 0. The molecule has 0 atom stereocenters. The Kier molecular flexibility index (Phi) is 9.53. The minimum Gasteiger partial charge on any atom is -0.497 e. The van der Waals surface area contributed by atoms with Crippen LogP contribution < -0.4 is 4.74 Å². The number of hydrogen-bond donors (Lipinski definition) is 1. The number of methoxy groups -OCH3 is 1. The number of ether oxygens (including phenoxy) is 1. The molecule has 0 aliphatic heterocycles. The molecule has 0 unspecified atom stereocenters. The molecule has 0 heterocycles. The fraction of sp³-hybridized carbons (Fsp3) is 0.450. The summed E-state index contributed by atoms with van der Waals surface area (Å²) in [5, 5.41) is 8.73. The molecule has 0 aliphatic rings. The highest BCUT2D eigenvalue weighted by Gasteiger charge is 2.02. The van der Waals surface area contributed by atoms with E-state index in [1.165, 1.54) is 43.8 Å². The van der Waals surface area contributed by atoms with Crippen LogP contribution in [0.2, 0.25) is 0 Å². The van der Waals surface area contributed by atoms with Gasteiger partial charge in [-0.2, -0.15) is 0 Å². The molecule has 0 spiro atoms. The van der Waals surface area contributed by atoms with Crippen molar-refractivity contribution < 1.29 is 14.6 Å². The summed E-state index contributed by atoms with van der Waals surface area (Å²) in [6.07, 6.45) is 13.1. The third-order valence-corrected chi connectivity index (χ3v) is 3.80. The molecule has 0 saturated heterocycles. The largest absolute Gasteiger partial charge is 0.497 e. The summed E-state index contributed by atoms with van der Waals surface area (Å²) in [5.74, 6) is -0.0939. The topological polar surface area (TPSA) is 46.5 Å². The fourth-order valence-electron chi connectivity index (χ4n) is 2.47. The summed E-state index contributed by atoms with van der Waals surface area (Å²) in [7, 11) is 1.65. The zero-order valence-electron chi connectivity index (χ0n) is 14.3. The molecule has 1 rings (SSSR count). The first-order valence-electron chi connectivity index (χ1n) is 8.42. The molecule has 0 fully saturated rings. The van der Waals surface area contributed by atoms with Crippen molar-refractivity contribution >= 4 is 11.5 Å². The third kappa shape index (κ3) is 8.24. The first-order valence-corrected chi connectivity index (χ1v) is 8.42. The molecule has 1 N–H and O–H groups in total. The SMILES string of the molecule is CCCCCCCC/C(=C\C=C\C(=O)O)c1ccc(OC)cc1. The Labute approximate surface area is 139 Å². The average Bonchev–Trinajstić information content (AvgIpc) is 2.56. The highest BCUT2D eigenvalue weighted by atomic mass is 16.5. The highest BCUT2D eigenvalue weighted by Crippen LogP contribution is 2.24. The van der Waals surface area contributed by atoms with Crippen molar-refractivity contribution in [2.24, 2.45) is 0 Å². The lowest BCUT2D eigenvalue weighted by molar-refractivity contribution is -0.131. The van der Waals surface area contributed by atoms with Crippen LogP contribution in [0.25, 0.3) is 5.57 Å². The predicted octanol–water partition coefficient (Wildman–Crippen LogP) is 5.47. The number of carbonyl (C=O) groups is 1. The second kappa shape index (κ2) is 11.5. The van der Waals surface area contributed by atoms with Crippen LogP contribution in [-0.2, 0) is 4.79 Å². The maximum Gasteiger partial charge on any atom is 0.328 e. The zero-order valence-corrected chi connectivity index (χ0v) is 14.3. The summed E-state index contributed by atoms with van der Waals surface area (Å²) < 4.78 is 5.19. The van der Waals surface area contributed by atoms with Crippen molar-refractivity contribution in [2.45, 2.75) is 51.9 Å². The molecular formula is C20H28O3. The van der Waals surface area contributed by atoms with Gasteiger partial charge in [0.15, 0.2) is 0 Å². The van der Waals surface area contributed by atoms with Gasteiger partial charge in [0.2, 0.25) is 0 Å². The Hall–Kier alpha value is -2.03. The number of hydrogen-bond acceptors (Lipinski definition) is 2. The van der Waals surface area contributed by atoms with E-state index in [1.54, 1.807) is 13.2 Å². The van der Waals surface area contributed by atoms with Gasteiger partial charge >= 0.3 is 5.97 Å². The smallest absolute Gasteiger partial charge is 0.328 e. The van der Waals surface area contributed by atoms with E-state index in [2.05, 4.69) is 6.92 Å². The first kappa shape index (κ1) is 19.0. The van der Waals surface area contributed by atoms with Crippen molar-refractivity contribution in [1.29, 1.82) is 0 Å². The van der Waals surface area contributed by atoms with Gasteiger partial charge in [-0.3, -0.25) is 0 Å². The lowest BCUT2D eigenvalue weighted by Crippen LogP contribution is -1.89. The van der Waals surface area contributed by atoms with Crippen LogP contribution in [-0.4, -0.2) is 18.2 Å². The predicted molar refractivity (Wildman–Crippen MR) is 95.7 cm³/mol. The van der Waals surface area contributed by atoms with Crippen LogP contribution in [0.4, 0.5) is 0 Å². The molecule has 1 aromatic carbocycles. The maximum absolute atomic E-state index is 10.6. The fourth-order valence-corrected chi connectivity index (χ4v) is 2.47. The van der Waals surface area contributed by atoms with Gasteiger partial charge in [0, 0.05) is 6.08 Å². The van der Waals surface area contributed by atoms with E-state index in [0.717, 1.165) is 24.2 Å². The van der Waals surface area contributed by atoms with E-state index in [1.807, 2.05) is 30.3 Å². The lowest BCUT2D eigenvalue weighted by Gasteiger charge is -2.09. The van der Waals surface area contributed by atoms with Crippen molar-refractivity contribution in [3.8, 4) is 5.75 Å². The van der Waals surface area contributed by atoms with Crippen molar-refractivity contribution in [2.75, 3.05) is 7.11 Å². The van der Waals surface area contributed by atoms with Crippen molar-refractivity contribution in [1.82, 2.24) is 0 Å². The maximum atomic E-state index is 10.6. The molecule has 0 aliphatic carbocycles. The minimum absolute atomic E-state index is 0.828. The molecular weight excluding hydrogens is 288 g/mol. The molecule has 23 heavy (non-hydrogen) atoms. The lowest BCUT2D eigenvalue weighted by atomic mass is 9.98. The molecule has 1 aromatic rings. The number of unbranched alkanes of at least 4 members (excludes halogenated alkanes) is 5. The third-order valence-electron chi connectivity index (χ3n) is 3.80. The van der Waals surface area contributed by atoms with Gasteiger partial charge in [-0.05, 0) is 36.1 Å². The van der Waals surface area contributed by atoms with Gasteiger partial charge in [0.25, 0.3) is 0 Å². The summed E-state index contributed by atoms with van der Waals surface area (Å²) in [5.41, 5.74) is 2.29. The van der Waals surface area contributed by atoms with E-state index in [9.17, 15) is 4.79 Å². The van der Waals surface area contributed by atoms with Gasteiger partial charge in [-0.15, -0.1) is 0 Å². The Morgan fingerprint density at radius 3 is 2.35 bits per heavy atom. The van der Waals surface area contributed by atoms with Crippen LogP contribution in [0, 0.1) is 0 Å². The van der Waals surface area contributed by atoms with Crippen LogP contribution in [0.15, 0.2) is 42.5 Å². The van der Waals surface area contributed by atoms with E-state index >= 15 is 0 Å². The van der Waals surface area contributed by atoms with E-state index in [0.29, 0.717) is 0 Å². The van der Waals surface area contributed by atoms with Gasteiger partial charge in [0.05, 0.1) is 7.11 Å². The van der Waals surface area contributed by atoms with E-state index < -0.39 is 5.97 Å². The molecule has 0 amide bonds. The van der Waals surface area contributed by atoms with Crippen molar-refractivity contribution in [3.05, 3.63) is 48.1 Å². The average molecular weight is 316 g/mol. The van der Waals surface area contributed by atoms with Crippen LogP contribution in [0.1, 0.15) is 57.4 Å². The number of aliphatic carboxylic acids is 1. The Morgan fingerprint density at radius 2 is 1.74 bits per heavy atom. The first-order chi connectivity index (χ1) is 11.2. The van der Waals surface area contributed by atoms with E-state index in [4.69, 9.17) is 9.84 Å². The Morgan fingerprint density at radius 1 is 1.09 bits per heavy atom. The summed E-state index contributed by atoms with van der Waals surface area (Å²) in [6.45, 7) is 2.22. The van der Waals surface area contributed by atoms with Crippen LogP contribution >= 0.6 is 0 Å². The van der Waals surface area contributed by atoms with Crippen LogP contribution in [0.3, 0.4) is 0 Å². The molecule has 0 saturated carbocycles. The summed E-state index contributed by atoms with van der Waals surface area (Å²) in [6, 6.07) is 7.92. The number of carboxylic acid groups (broad SMARTS) is 1. The Bertz CT molecular complexity index is 512. The summed E-state index contributed by atoms with van der Waals surface area (Å²) in [4.78, 5) is 10.6. The minimum atomic E-state index is -0.921. The molecule has 3 nitrogen and oxygen atoms in total. The second-order valence-corrected chi connectivity index (χ2v) is 5.64. The standard InChI is InChI=1S/C20H28O3/c1-3-4-5-6-7-8-10-17(11-9-12-20(21)22)18-13-15-19(23-2)16-14-18/h9,11-16H,3-8,10H2,1-2H3,(H,21,22)/b12-9+,17-11+. The van der Waals surface area contributed by atoms with Gasteiger partial charge < -0.3 is 9.84 Å². The zero-order chi connectivity index (χ0) is 16.9. The molecule has 0 bridgehead atoms. The van der Waals surface area contributed by atoms with Gasteiger partial charge in [-0.1, -0.05) is 63.3 Å². The second-order valence-electron chi connectivity index (χ2n) is 5.64. The quantitative estimate of drug-likeness (QED) is 0.334. The number of allylic oxidation sites excluding steroid dienone is 3. The monoisotopic (exact) mass is 316 g/mol. The normalized spacial score (nSPS) is 11.8. The number of benzene rings is 1. The van der Waals surface area contributed by atoms with Gasteiger partial charge in [0.1, 0.15) is 5.75 Å². The number of rotatable bonds is 11. The van der Waals surface area contributed by atoms with Crippen molar-refractivity contribution in [3.63, 3.8) is 0 Å². The molecule has 3 heteroatoms. The molecule has 0 aromatic heterocycles.